The second-order valence-electron chi connectivity index (χ2n) is 4.98. The van der Waals surface area contributed by atoms with Gasteiger partial charge in [0.25, 0.3) is 0 Å². The van der Waals surface area contributed by atoms with E-state index in [2.05, 4.69) is 41.2 Å². The molecule has 0 fully saturated rings. The van der Waals surface area contributed by atoms with Gasteiger partial charge in [-0.2, -0.15) is 0 Å². The normalized spacial score (nSPS) is 12.6. The summed E-state index contributed by atoms with van der Waals surface area (Å²) < 4.78 is 15.1. The number of rotatable bonds is 6. The maximum Gasteiger partial charge on any atom is 0.127 e. The molecule has 0 aliphatic carbocycles. The minimum atomic E-state index is -0.241. The van der Waals surface area contributed by atoms with Gasteiger partial charge in [0.2, 0.25) is 0 Å². The lowest BCUT2D eigenvalue weighted by Gasteiger charge is -2.19. The highest BCUT2D eigenvalue weighted by Crippen LogP contribution is 2.35. The van der Waals surface area contributed by atoms with E-state index in [4.69, 9.17) is 11.6 Å². The van der Waals surface area contributed by atoms with Crippen LogP contribution in [-0.2, 0) is 6.42 Å². The molecule has 0 aliphatic rings. The molecule has 1 nitrogen and oxygen atoms in total. The maximum absolute atomic E-state index is 14.0. The van der Waals surface area contributed by atoms with Crippen LogP contribution in [0.1, 0.15) is 34.7 Å². The van der Waals surface area contributed by atoms with E-state index in [0.29, 0.717) is 17.0 Å². The van der Waals surface area contributed by atoms with Crippen LogP contribution in [0, 0.1) is 12.7 Å². The fraction of sp³-hybridized carbons (Fsp3) is 0.375. The fourth-order valence-corrected chi connectivity index (χ4v) is 4.49. The Morgan fingerprint density at radius 2 is 2.19 bits per heavy atom. The summed E-state index contributed by atoms with van der Waals surface area (Å²) in [7, 11) is 0. The average Bonchev–Trinajstić information content (AvgIpc) is 2.76. The van der Waals surface area contributed by atoms with Crippen molar-refractivity contribution in [2.75, 3.05) is 6.54 Å². The standard InChI is InChI=1S/C16H18BrClFNS/c1-3-7-20-15(16-12(17)8-10(2)21-16)9-11-13(18)5-4-6-14(11)19/h4-6,8,15,20H,3,7,9H2,1-2H3. The molecule has 0 amide bonds. The zero-order valence-corrected chi connectivity index (χ0v) is 15.2. The Kier molecular flexibility index (Phi) is 6.23. The second-order valence-corrected chi connectivity index (χ2v) is 7.53. The smallest absolute Gasteiger partial charge is 0.127 e. The molecule has 1 heterocycles. The summed E-state index contributed by atoms with van der Waals surface area (Å²) >= 11 is 11.5. The quantitative estimate of drug-likeness (QED) is 0.648. The van der Waals surface area contributed by atoms with Gasteiger partial charge >= 0.3 is 0 Å². The van der Waals surface area contributed by atoms with Crippen LogP contribution in [0.5, 0.6) is 0 Å². The van der Waals surface area contributed by atoms with Gasteiger partial charge in [0.05, 0.1) is 0 Å². The molecular formula is C16H18BrClFNS. The third-order valence-corrected chi connectivity index (χ3v) is 5.70. The Bertz CT molecular complexity index is 594. The lowest BCUT2D eigenvalue weighted by molar-refractivity contribution is 0.518. The highest BCUT2D eigenvalue weighted by Gasteiger charge is 2.20. The molecule has 2 rings (SSSR count). The number of aryl methyl sites for hydroxylation is 1. The Labute approximate surface area is 142 Å². The van der Waals surface area contributed by atoms with Gasteiger partial charge in [-0.25, -0.2) is 4.39 Å². The first-order valence-corrected chi connectivity index (χ1v) is 8.93. The third-order valence-electron chi connectivity index (χ3n) is 3.26. The number of nitrogens with one attached hydrogen (secondary N) is 1. The third kappa shape index (κ3) is 4.28. The van der Waals surface area contributed by atoms with Crippen LogP contribution in [0.15, 0.2) is 28.7 Å². The van der Waals surface area contributed by atoms with Crippen molar-refractivity contribution in [1.29, 1.82) is 0 Å². The van der Waals surface area contributed by atoms with E-state index in [0.717, 1.165) is 17.4 Å². The van der Waals surface area contributed by atoms with Crippen molar-refractivity contribution in [1.82, 2.24) is 5.32 Å². The number of thiophene rings is 1. The molecule has 1 N–H and O–H groups in total. The van der Waals surface area contributed by atoms with Crippen molar-refractivity contribution >= 4 is 38.9 Å². The van der Waals surface area contributed by atoms with E-state index >= 15 is 0 Å². The van der Waals surface area contributed by atoms with Crippen molar-refractivity contribution < 1.29 is 4.39 Å². The molecule has 114 valence electrons. The van der Waals surface area contributed by atoms with Crippen molar-refractivity contribution in [3.63, 3.8) is 0 Å². The minimum Gasteiger partial charge on any atom is -0.309 e. The minimum absolute atomic E-state index is 0.0624. The molecule has 0 spiro atoms. The van der Waals surface area contributed by atoms with E-state index in [1.165, 1.54) is 15.8 Å². The molecule has 1 aromatic carbocycles. The Morgan fingerprint density at radius 1 is 1.43 bits per heavy atom. The zero-order chi connectivity index (χ0) is 15.4. The summed E-state index contributed by atoms with van der Waals surface area (Å²) in [6.07, 6.45) is 1.58. The van der Waals surface area contributed by atoms with E-state index < -0.39 is 0 Å². The Balaban J connectivity index is 2.30. The van der Waals surface area contributed by atoms with E-state index in [-0.39, 0.29) is 11.9 Å². The molecule has 0 saturated heterocycles. The summed E-state index contributed by atoms with van der Waals surface area (Å²) in [4.78, 5) is 2.43. The van der Waals surface area contributed by atoms with Crippen LogP contribution in [-0.4, -0.2) is 6.54 Å². The van der Waals surface area contributed by atoms with Gasteiger partial charge in [0.15, 0.2) is 0 Å². The summed E-state index contributed by atoms with van der Waals surface area (Å²) in [5.41, 5.74) is 0.575. The molecule has 0 saturated carbocycles. The SMILES string of the molecule is CCCNC(Cc1c(F)cccc1Cl)c1sc(C)cc1Br. The van der Waals surface area contributed by atoms with Crippen molar-refractivity contribution in [2.45, 2.75) is 32.7 Å². The largest absolute Gasteiger partial charge is 0.309 e. The van der Waals surface area contributed by atoms with Gasteiger partial charge < -0.3 is 5.32 Å². The molecule has 0 aliphatic heterocycles. The van der Waals surface area contributed by atoms with Crippen LogP contribution < -0.4 is 5.32 Å². The first-order chi connectivity index (χ1) is 10.0. The fourth-order valence-electron chi connectivity index (χ4n) is 2.25. The van der Waals surface area contributed by atoms with Gasteiger partial charge in [0.1, 0.15) is 5.82 Å². The predicted molar refractivity (Wildman–Crippen MR) is 92.9 cm³/mol. The summed E-state index contributed by atoms with van der Waals surface area (Å²) in [5.74, 6) is -0.241. The molecule has 1 aromatic heterocycles. The van der Waals surface area contributed by atoms with Crippen molar-refractivity contribution in [3.8, 4) is 0 Å². The predicted octanol–water partition coefficient (Wildman–Crippen LogP) is 5.89. The zero-order valence-electron chi connectivity index (χ0n) is 12.1. The number of benzene rings is 1. The van der Waals surface area contributed by atoms with E-state index in [1.807, 2.05) is 0 Å². The van der Waals surface area contributed by atoms with E-state index in [1.54, 1.807) is 23.5 Å². The molecule has 5 heteroatoms. The number of hydrogen-bond acceptors (Lipinski definition) is 2. The molecule has 0 radical (unpaired) electrons. The first kappa shape index (κ1) is 16.9. The molecule has 0 bridgehead atoms. The maximum atomic E-state index is 14.0. The lowest BCUT2D eigenvalue weighted by atomic mass is 10.0. The van der Waals surface area contributed by atoms with Crippen LogP contribution in [0.3, 0.4) is 0 Å². The summed E-state index contributed by atoms with van der Waals surface area (Å²) in [6.45, 7) is 5.08. The van der Waals surface area contributed by atoms with Gasteiger partial charge in [-0.05, 0) is 60.4 Å². The van der Waals surface area contributed by atoms with Gasteiger partial charge in [0, 0.05) is 30.9 Å². The Hall–Kier alpha value is -0.420. The van der Waals surface area contributed by atoms with Gasteiger partial charge in [-0.3, -0.25) is 0 Å². The highest BCUT2D eigenvalue weighted by atomic mass is 79.9. The van der Waals surface area contributed by atoms with Crippen LogP contribution in [0.2, 0.25) is 5.02 Å². The average molecular weight is 391 g/mol. The van der Waals surface area contributed by atoms with Gasteiger partial charge in [-0.15, -0.1) is 11.3 Å². The topological polar surface area (TPSA) is 12.0 Å². The molecule has 2 aromatic rings. The van der Waals surface area contributed by atoms with Crippen LogP contribution in [0.4, 0.5) is 4.39 Å². The van der Waals surface area contributed by atoms with Crippen LogP contribution >= 0.6 is 38.9 Å². The second kappa shape index (κ2) is 7.73. The summed E-state index contributed by atoms with van der Waals surface area (Å²) in [5, 5.41) is 3.99. The molecule has 1 unspecified atom stereocenters. The van der Waals surface area contributed by atoms with Crippen molar-refractivity contribution in [3.05, 3.63) is 54.9 Å². The monoisotopic (exact) mass is 389 g/mol. The lowest BCUT2D eigenvalue weighted by Crippen LogP contribution is -2.24. The van der Waals surface area contributed by atoms with E-state index in [9.17, 15) is 4.39 Å². The van der Waals surface area contributed by atoms with Crippen LogP contribution in [0.25, 0.3) is 0 Å². The number of hydrogen-bond donors (Lipinski definition) is 1. The number of halogens is 3. The first-order valence-electron chi connectivity index (χ1n) is 6.95. The molecule has 21 heavy (non-hydrogen) atoms. The molecule has 1 atom stereocenters. The Morgan fingerprint density at radius 3 is 2.76 bits per heavy atom. The van der Waals surface area contributed by atoms with Gasteiger partial charge in [-0.1, -0.05) is 24.6 Å². The summed E-state index contributed by atoms with van der Waals surface area (Å²) in [6, 6.07) is 7.01. The van der Waals surface area contributed by atoms with Crippen molar-refractivity contribution in [2.24, 2.45) is 0 Å². The molecular weight excluding hydrogens is 373 g/mol. The highest BCUT2D eigenvalue weighted by molar-refractivity contribution is 9.10.